The minimum atomic E-state index is 0.849. The normalized spacial score (nSPS) is 14.2. The van der Waals surface area contributed by atoms with Gasteiger partial charge < -0.3 is 4.57 Å². The van der Waals surface area contributed by atoms with Crippen molar-refractivity contribution >= 4 is 56.8 Å². The number of fused-ring (bicyclic) bond motifs is 8. The molecule has 3 heteroatoms. The molecule has 2 aliphatic rings. The molecule has 3 aromatic heterocycles. The summed E-state index contributed by atoms with van der Waals surface area (Å²) in [6, 6.07) is 26.5. The number of rotatable bonds is 5. The van der Waals surface area contributed by atoms with Crippen LogP contribution in [0.25, 0.3) is 68.1 Å². The van der Waals surface area contributed by atoms with Crippen LogP contribution in [-0.4, -0.2) is 13.7 Å². The number of allylic oxidation sites excluding steroid dienone is 8. The summed E-state index contributed by atoms with van der Waals surface area (Å²) in [4.78, 5) is 0. The van der Waals surface area contributed by atoms with E-state index in [1.807, 2.05) is 0 Å². The van der Waals surface area contributed by atoms with Crippen LogP contribution in [0.2, 0.25) is 0 Å². The molecule has 43 heavy (non-hydrogen) atoms. The molecule has 3 nitrogen and oxygen atoms in total. The second-order valence-electron chi connectivity index (χ2n) is 11.3. The Kier molecular flexibility index (Phi) is 6.04. The highest BCUT2D eigenvalue weighted by molar-refractivity contribution is 6.14. The van der Waals surface area contributed by atoms with E-state index in [-0.39, 0.29) is 0 Å². The SMILES string of the molecule is C=C(/C=C\CC)n1c2ccccc2c2c3c(n(-c4cccc(-n5c6c(c7ccccc75)C=CCC=C6)c4)c21)CC=CC=C3. The third kappa shape index (κ3) is 3.89. The molecule has 0 atom stereocenters. The first kappa shape index (κ1) is 25.4. The van der Waals surface area contributed by atoms with Crippen LogP contribution in [0, 0.1) is 0 Å². The second kappa shape index (κ2) is 10.2. The molecule has 0 N–H and O–H groups in total. The van der Waals surface area contributed by atoms with Crippen molar-refractivity contribution in [2.75, 3.05) is 0 Å². The van der Waals surface area contributed by atoms with Crippen LogP contribution in [0.5, 0.6) is 0 Å². The monoisotopic (exact) mass is 555 g/mol. The van der Waals surface area contributed by atoms with E-state index >= 15 is 0 Å². The van der Waals surface area contributed by atoms with Gasteiger partial charge in [0.25, 0.3) is 0 Å². The lowest BCUT2D eigenvalue weighted by molar-refractivity contribution is 0.965. The lowest BCUT2D eigenvalue weighted by Gasteiger charge is -2.17. The van der Waals surface area contributed by atoms with Gasteiger partial charge in [0, 0.05) is 56.5 Å². The molecule has 2 aliphatic carbocycles. The summed E-state index contributed by atoms with van der Waals surface area (Å²) in [5.74, 6) is 0. The maximum atomic E-state index is 4.56. The molecule has 8 rings (SSSR count). The van der Waals surface area contributed by atoms with Crippen LogP contribution < -0.4 is 0 Å². The Balaban J connectivity index is 1.45. The quantitative estimate of drug-likeness (QED) is 0.188. The molecular weight excluding hydrogens is 522 g/mol. The van der Waals surface area contributed by atoms with Crippen LogP contribution >= 0.6 is 0 Å². The van der Waals surface area contributed by atoms with Crippen LogP contribution in [0.15, 0.2) is 122 Å². The third-order valence-electron chi connectivity index (χ3n) is 8.70. The molecule has 0 aliphatic heterocycles. The van der Waals surface area contributed by atoms with Crippen LogP contribution in [-0.2, 0) is 6.42 Å². The van der Waals surface area contributed by atoms with Crippen LogP contribution in [0.4, 0.5) is 0 Å². The van der Waals surface area contributed by atoms with E-state index < -0.39 is 0 Å². The van der Waals surface area contributed by atoms with Crippen molar-refractivity contribution in [2.45, 2.75) is 26.2 Å². The molecule has 6 aromatic rings. The molecular formula is C40H33N3. The van der Waals surface area contributed by atoms with Crippen LogP contribution in [0.1, 0.15) is 42.3 Å². The molecule has 3 aromatic carbocycles. The first-order chi connectivity index (χ1) is 21.3. The predicted molar refractivity (Wildman–Crippen MR) is 185 cm³/mol. The molecule has 0 fully saturated rings. The van der Waals surface area contributed by atoms with E-state index in [2.05, 4.69) is 161 Å². The molecule has 3 heterocycles. The van der Waals surface area contributed by atoms with Crippen LogP contribution in [0.3, 0.4) is 0 Å². The summed E-state index contributed by atoms with van der Waals surface area (Å²) >= 11 is 0. The summed E-state index contributed by atoms with van der Waals surface area (Å²) in [7, 11) is 0. The summed E-state index contributed by atoms with van der Waals surface area (Å²) in [5.41, 5.74) is 11.9. The Labute approximate surface area is 252 Å². The topological polar surface area (TPSA) is 14.8 Å². The highest BCUT2D eigenvalue weighted by Gasteiger charge is 2.25. The standard InChI is InChI=1S/C40H33N3/c1-3-4-16-28(2)41-37-26-14-12-22-33(37)39-34-21-8-6-10-24-38(34)43(40(39)41)30-18-15-17-29(27-30)42-35-23-9-5-7-19-31(35)32-20-11-13-25-36(32)42/h4,6-23,25-27H,2-3,5,24H2,1H3/b16-4-. The minimum absolute atomic E-state index is 0.849. The maximum absolute atomic E-state index is 4.56. The average Bonchev–Trinajstić information content (AvgIpc) is 3.46. The summed E-state index contributed by atoms with van der Waals surface area (Å²) in [6.45, 7) is 6.72. The van der Waals surface area contributed by atoms with Gasteiger partial charge in [0.05, 0.1) is 16.7 Å². The fourth-order valence-corrected chi connectivity index (χ4v) is 6.90. The lowest BCUT2D eigenvalue weighted by atomic mass is 10.1. The van der Waals surface area contributed by atoms with Crippen molar-refractivity contribution in [3.63, 3.8) is 0 Å². The Morgan fingerprint density at radius 3 is 2.40 bits per heavy atom. The molecule has 208 valence electrons. The number of nitrogens with zero attached hydrogens (tertiary/aromatic N) is 3. The highest BCUT2D eigenvalue weighted by atomic mass is 15.1. The van der Waals surface area contributed by atoms with E-state index in [0.29, 0.717) is 0 Å². The Morgan fingerprint density at radius 1 is 0.767 bits per heavy atom. The van der Waals surface area contributed by atoms with Crippen molar-refractivity contribution in [2.24, 2.45) is 0 Å². The second-order valence-corrected chi connectivity index (χ2v) is 11.3. The van der Waals surface area contributed by atoms with Crippen molar-refractivity contribution in [3.05, 3.63) is 144 Å². The Hall–Kier alpha value is -5.28. The summed E-state index contributed by atoms with van der Waals surface area (Å²) in [6.07, 6.45) is 25.0. The van der Waals surface area contributed by atoms with E-state index in [1.165, 1.54) is 49.7 Å². The first-order valence-corrected chi connectivity index (χ1v) is 15.2. The molecule has 0 radical (unpaired) electrons. The van der Waals surface area contributed by atoms with Crippen molar-refractivity contribution in [3.8, 4) is 11.4 Å². The molecule has 0 bridgehead atoms. The zero-order chi connectivity index (χ0) is 28.9. The fraction of sp³-hybridized carbons (Fsp3) is 0.100. The van der Waals surface area contributed by atoms with E-state index in [0.717, 1.165) is 42.0 Å². The number of aromatic nitrogens is 3. The van der Waals surface area contributed by atoms with E-state index in [4.69, 9.17) is 0 Å². The minimum Gasteiger partial charge on any atom is -0.309 e. The highest BCUT2D eigenvalue weighted by Crippen LogP contribution is 2.41. The maximum Gasteiger partial charge on any atom is 0.131 e. The van der Waals surface area contributed by atoms with Gasteiger partial charge in [0.2, 0.25) is 0 Å². The average molecular weight is 556 g/mol. The molecule has 0 unspecified atom stereocenters. The largest absolute Gasteiger partial charge is 0.309 e. The van der Waals surface area contributed by atoms with Crippen molar-refractivity contribution in [1.82, 2.24) is 13.7 Å². The number of benzene rings is 3. The Morgan fingerprint density at radius 2 is 1.53 bits per heavy atom. The van der Waals surface area contributed by atoms with Crippen molar-refractivity contribution in [1.29, 1.82) is 0 Å². The van der Waals surface area contributed by atoms with Gasteiger partial charge in [0.1, 0.15) is 5.65 Å². The van der Waals surface area contributed by atoms with Gasteiger partial charge in [-0.3, -0.25) is 9.13 Å². The Bertz CT molecular complexity index is 2230. The number of hydrogen-bond donors (Lipinski definition) is 0. The van der Waals surface area contributed by atoms with Gasteiger partial charge in [-0.25, -0.2) is 0 Å². The van der Waals surface area contributed by atoms with E-state index in [1.54, 1.807) is 0 Å². The number of hydrogen-bond acceptors (Lipinski definition) is 0. The smallest absolute Gasteiger partial charge is 0.131 e. The van der Waals surface area contributed by atoms with Crippen molar-refractivity contribution < 1.29 is 0 Å². The predicted octanol–water partition coefficient (Wildman–Crippen LogP) is 10.5. The third-order valence-corrected chi connectivity index (χ3v) is 8.70. The summed E-state index contributed by atoms with van der Waals surface area (Å²) < 4.78 is 7.23. The number of para-hydroxylation sites is 2. The fourth-order valence-electron chi connectivity index (χ4n) is 6.90. The molecule has 0 amide bonds. The van der Waals surface area contributed by atoms with Gasteiger partial charge in [-0.15, -0.1) is 0 Å². The molecule has 0 saturated heterocycles. The van der Waals surface area contributed by atoms with Gasteiger partial charge in [-0.2, -0.15) is 0 Å². The zero-order valence-electron chi connectivity index (χ0n) is 24.4. The zero-order valence-corrected chi connectivity index (χ0v) is 24.4. The lowest BCUT2D eigenvalue weighted by Crippen LogP contribution is -2.06. The van der Waals surface area contributed by atoms with Gasteiger partial charge >= 0.3 is 0 Å². The van der Waals surface area contributed by atoms with Gasteiger partial charge in [0.15, 0.2) is 0 Å². The molecule has 0 saturated carbocycles. The first-order valence-electron chi connectivity index (χ1n) is 15.2. The van der Waals surface area contributed by atoms with E-state index in [9.17, 15) is 0 Å². The molecule has 0 spiro atoms. The van der Waals surface area contributed by atoms with Gasteiger partial charge in [-0.1, -0.05) is 105 Å². The van der Waals surface area contributed by atoms with Gasteiger partial charge in [-0.05, 0) is 55.3 Å². The summed E-state index contributed by atoms with van der Waals surface area (Å²) in [5, 5.41) is 3.80.